The van der Waals surface area contributed by atoms with Crippen LogP contribution in [0.4, 0.5) is 4.39 Å². The molecule has 0 saturated carbocycles. The van der Waals surface area contributed by atoms with Gasteiger partial charge in [-0.25, -0.2) is 4.39 Å². The van der Waals surface area contributed by atoms with Crippen LogP contribution in [-0.2, 0) is 6.54 Å². The van der Waals surface area contributed by atoms with Crippen molar-refractivity contribution in [1.29, 1.82) is 0 Å². The van der Waals surface area contributed by atoms with Crippen molar-refractivity contribution >= 4 is 11.8 Å². The highest BCUT2D eigenvalue weighted by molar-refractivity contribution is 7.99. The van der Waals surface area contributed by atoms with Crippen molar-refractivity contribution in [3.05, 3.63) is 60.2 Å². The van der Waals surface area contributed by atoms with Gasteiger partial charge >= 0.3 is 0 Å². The van der Waals surface area contributed by atoms with Gasteiger partial charge in [0.05, 0.1) is 20.3 Å². The molecule has 0 N–H and O–H groups in total. The molecule has 0 aliphatic carbocycles. The van der Waals surface area contributed by atoms with Gasteiger partial charge in [0.25, 0.3) is 0 Å². The molecule has 31 heavy (non-hydrogen) atoms. The predicted molar refractivity (Wildman–Crippen MR) is 120 cm³/mol. The maximum atomic E-state index is 13.5. The molecule has 0 atom stereocenters. The maximum absolute atomic E-state index is 13.5. The van der Waals surface area contributed by atoms with Crippen LogP contribution in [0.15, 0.2) is 53.7 Å². The molecule has 8 heteroatoms. The predicted octanol–water partition coefficient (Wildman–Crippen LogP) is 4.57. The molecule has 4 rings (SSSR count). The van der Waals surface area contributed by atoms with Crippen LogP contribution in [0.5, 0.6) is 11.5 Å². The standard InChI is InChI=1S/C23H27FN4O2S/c1-29-20-9-11-21(12-10-20)30-15-16-31-23-26-25-22(17-27-13-3-2-4-14-27)28(23)19-7-5-18(24)6-8-19/h5-12H,2-4,13-17H2,1H3. The lowest BCUT2D eigenvalue weighted by Gasteiger charge is -2.26. The zero-order valence-electron chi connectivity index (χ0n) is 17.7. The second kappa shape index (κ2) is 10.6. The van der Waals surface area contributed by atoms with Crippen LogP contribution >= 0.6 is 11.8 Å². The van der Waals surface area contributed by atoms with E-state index in [0.717, 1.165) is 53.6 Å². The summed E-state index contributed by atoms with van der Waals surface area (Å²) in [5, 5.41) is 9.69. The van der Waals surface area contributed by atoms with Gasteiger partial charge in [-0.05, 0) is 74.5 Å². The largest absolute Gasteiger partial charge is 0.497 e. The molecule has 1 saturated heterocycles. The van der Waals surface area contributed by atoms with Gasteiger partial charge in [0.2, 0.25) is 0 Å². The number of methoxy groups -OCH3 is 1. The highest BCUT2D eigenvalue weighted by Crippen LogP contribution is 2.24. The molecule has 1 aromatic heterocycles. The Labute approximate surface area is 186 Å². The van der Waals surface area contributed by atoms with Gasteiger partial charge in [-0.2, -0.15) is 0 Å². The molecular formula is C23H27FN4O2S. The molecule has 0 radical (unpaired) electrons. The van der Waals surface area contributed by atoms with Crippen LogP contribution in [0.2, 0.25) is 0 Å². The third-order valence-electron chi connectivity index (χ3n) is 5.24. The fourth-order valence-corrected chi connectivity index (χ4v) is 4.42. The molecule has 164 valence electrons. The SMILES string of the molecule is COc1ccc(OCCSc2nnc(CN3CCCCC3)n2-c2ccc(F)cc2)cc1. The first-order valence-electron chi connectivity index (χ1n) is 10.5. The summed E-state index contributed by atoms with van der Waals surface area (Å²) in [6.07, 6.45) is 3.72. The number of aromatic nitrogens is 3. The van der Waals surface area contributed by atoms with Crippen LogP contribution < -0.4 is 9.47 Å². The lowest BCUT2D eigenvalue weighted by molar-refractivity contribution is 0.214. The lowest BCUT2D eigenvalue weighted by Crippen LogP contribution is -2.30. The summed E-state index contributed by atoms with van der Waals surface area (Å²) in [4.78, 5) is 2.41. The van der Waals surface area contributed by atoms with Gasteiger partial charge in [-0.15, -0.1) is 10.2 Å². The first-order chi connectivity index (χ1) is 15.2. The van der Waals surface area contributed by atoms with E-state index in [1.54, 1.807) is 31.0 Å². The van der Waals surface area contributed by atoms with E-state index in [4.69, 9.17) is 9.47 Å². The van der Waals surface area contributed by atoms with Gasteiger partial charge in [-0.1, -0.05) is 18.2 Å². The Balaban J connectivity index is 1.43. The molecule has 0 bridgehead atoms. The van der Waals surface area contributed by atoms with Crippen LogP contribution in [-0.4, -0.2) is 52.2 Å². The number of thioether (sulfide) groups is 1. The number of ether oxygens (including phenoxy) is 2. The maximum Gasteiger partial charge on any atom is 0.195 e. The summed E-state index contributed by atoms with van der Waals surface area (Å²) in [5.41, 5.74) is 0.872. The summed E-state index contributed by atoms with van der Waals surface area (Å²) < 4.78 is 26.5. The minimum Gasteiger partial charge on any atom is -0.497 e. The number of hydrogen-bond donors (Lipinski definition) is 0. The number of halogens is 1. The fourth-order valence-electron chi connectivity index (χ4n) is 3.63. The average molecular weight is 443 g/mol. The third-order valence-corrected chi connectivity index (χ3v) is 6.13. The summed E-state index contributed by atoms with van der Waals surface area (Å²) in [6, 6.07) is 14.0. The van der Waals surface area contributed by atoms with Gasteiger partial charge in [0.15, 0.2) is 11.0 Å². The molecule has 0 amide bonds. The molecule has 3 aromatic rings. The molecule has 0 unspecified atom stereocenters. The van der Waals surface area contributed by atoms with Crippen LogP contribution in [0.1, 0.15) is 25.1 Å². The lowest BCUT2D eigenvalue weighted by atomic mass is 10.1. The Morgan fingerprint density at radius 1 is 0.935 bits per heavy atom. The molecule has 1 fully saturated rings. The summed E-state index contributed by atoms with van der Waals surface area (Å²) in [5.74, 6) is 2.95. The van der Waals surface area contributed by atoms with Crippen molar-refractivity contribution < 1.29 is 13.9 Å². The Hall–Kier alpha value is -2.58. The highest BCUT2D eigenvalue weighted by Gasteiger charge is 2.19. The zero-order chi connectivity index (χ0) is 21.5. The normalized spacial score (nSPS) is 14.5. The van der Waals surface area contributed by atoms with Crippen molar-refractivity contribution in [1.82, 2.24) is 19.7 Å². The van der Waals surface area contributed by atoms with Crippen molar-refractivity contribution in [3.63, 3.8) is 0 Å². The van der Waals surface area contributed by atoms with E-state index in [1.165, 1.54) is 31.4 Å². The molecule has 6 nitrogen and oxygen atoms in total. The van der Waals surface area contributed by atoms with Gasteiger partial charge < -0.3 is 9.47 Å². The van der Waals surface area contributed by atoms with Crippen molar-refractivity contribution in [2.24, 2.45) is 0 Å². The number of hydrogen-bond acceptors (Lipinski definition) is 6. The summed E-state index contributed by atoms with van der Waals surface area (Å²) in [6.45, 7) is 3.44. The van der Waals surface area contributed by atoms with Gasteiger partial charge in [-0.3, -0.25) is 9.47 Å². The second-order valence-electron chi connectivity index (χ2n) is 7.42. The molecule has 0 spiro atoms. The van der Waals surface area contributed by atoms with Crippen molar-refractivity contribution in [2.75, 3.05) is 32.6 Å². The van der Waals surface area contributed by atoms with Crippen LogP contribution in [0.25, 0.3) is 5.69 Å². The minimum absolute atomic E-state index is 0.253. The molecule has 1 aliphatic heterocycles. The van der Waals surface area contributed by atoms with E-state index in [1.807, 2.05) is 28.8 Å². The van der Waals surface area contributed by atoms with E-state index in [0.29, 0.717) is 6.61 Å². The molecule has 1 aliphatic rings. The van der Waals surface area contributed by atoms with Crippen LogP contribution in [0.3, 0.4) is 0 Å². The third kappa shape index (κ3) is 5.77. The zero-order valence-corrected chi connectivity index (χ0v) is 18.5. The number of piperidine rings is 1. The van der Waals surface area contributed by atoms with Crippen molar-refractivity contribution in [2.45, 2.75) is 31.0 Å². The topological polar surface area (TPSA) is 52.4 Å². The molecule has 2 heterocycles. The first-order valence-corrected chi connectivity index (χ1v) is 11.5. The van der Waals surface area contributed by atoms with Gasteiger partial charge in [0.1, 0.15) is 17.3 Å². The second-order valence-corrected chi connectivity index (χ2v) is 8.48. The van der Waals surface area contributed by atoms with E-state index in [2.05, 4.69) is 15.1 Å². The molecular weight excluding hydrogens is 415 g/mol. The highest BCUT2D eigenvalue weighted by atomic mass is 32.2. The average Bonchev–Trinajstić information content (AvgIpc) is 3.20. The van der Waals surface area contributed by atoms with E-state index in [-0.39, 0.29) is 5.82 Å². The number of likely N-dealkylation sites (tertiary alicyclic amines) is 1. The summed E-state index contributed by atoms with van der Waals surface area (Å²) in [7, 11) is 1.64. The Morgan fingerprint density at radius 2 is 1.65 bits per heavy atom. The number of nitrogens with zero attached hydrogens (tertiary/aromatic N) is 4. The Kier molecular flexibility index (Phi) is 7.43. The fraction of sp³-hybridized carbons (Fsp3) is 0.391. The van der Waals surface area contributed by atoms with E-state index < -0.39 is 0 Å². The van der Waals surface area contributed by atoms with E-state index >= 15 is 0 Å². The van der Waals surface area contributed by atoms with Crippen molar-refractivity contribution in [3.8, 4) is 17.2 Å². The van der Waals surface area contributed by atoms with E-state index in [9.17, 15) is 4.39 Å². The van der Waals surface area contributed by atoms with Gasteiger partial charge in [0, 0.05) is 11.4 Å². The smallest absolute Gasteiger partial charge is 0.195 e. The van der Waals surface area contributed by atoms with Crippen LogP contribution in [0, 0.1) is 5.82 Å². The first kappa shape index (κ1) is 21.6. The Bertz CT molecular complexity index is 957. The molecule has 2 aromatic carbocycles. The minimum atomic E-state index is -0.253. The quantitative estimate of drug-likeness (QED) is 0.357. The monoisotopic (exact) mass is 442 g/mol. The Morgan fingerprint density at radius 3 is 2.35 bits per heavy atom. The number of benzene rings is 2. The number of rotatable bonds is 9. The summed E-state index contributed by atoms with van der Waals surface area (Å²) >= 11 is 1.58.